The molecular weight excluding hydrogens is 243 g/mol. The van der Waals surface area contributed by atoms with Crippen molar-refractivity contribution in [2.45, 2.75) is 32.2 Å². The van der Waals surface area contributed by atoms with Gasteiger partial charge < -0.3 is 10.6 Å². The number of carbonyl (C=O) groups is 1. The van der Waals surface area contributed by atoms with E-state index in [9.17, 15) is 9.18 Å². The SMILES string of the molecule is C[C@@H](NC(=O)CC1CCNCC1)c1ccc(F)cc1. The molecule has 0 saturated carbocycles. The molecule has 4 heteroatoms. The minimum absolute atomic E-state index is 0.0742. The Morgan fingerprint density at radius 3 is 2.63 bits per heavy atom. The van der Waals surface area contributed by atoms with E-state index in [0.717, 1.165) is 31.5 Å². The second-order valence-corrected chi connectivity index (χ2v) is 5.24. The van der Waals surface area contributed by atoms with Crippen molar-refractivity contribution in [3.05, 3.63) is 35.6 Å². The molecule has 0 radical (unpaired) electrons. The van der Waals surface area contributed by atoms with Crippen molar-refractivity contribution in [2.75, 3.05) is 13.1 Å². The summed E-state index contributed by atoms with van der Waals surface area (Å²) in [5.74, 6) is 0.322. The van der Waals surface area contributed by atoms with Crippen LogP contribution in [-0.4, -0.2) is 19.0 Å². The number of piperidine rings is 1. The molecule has 1 amide bonds. The fourth-order valence-electron chi connectivity index (χ4n) is 2.48. The molecule has 2 N–H and O–H groups in total. The summed E-state index contributed by atoms with van der Waals surface area (Å²) in [6.45, 7) is 3.94. The summed E-state index contributed by atoms with van der Waals surface area (Å²) in [5.41, 5.74) is 0.931. The first-order valence-electron chi connectivity index (χ1n) is 6.90. The zero-order valence-corrected chi connectivity index (χ0v) is 11.3. The summed E-state index contributed by atoms with van der Waals surface area (Å²) in [5, 5.41) is 6.27. The number of nitrogens with one attached hydrogen (secondary N) is 2. The molecule has 1 aromatic rings. The summed E-state index contributed by atoms with van der Waals surface area (Å²) < 4.78 is 12.8. The van der Waals surface area contributed by atoms with Gasteiger partial charge in [0.2, 0.25) is 5.91 Å². The highest BCUT2D eigenvalue weighted by Crippen LogP contribution is 2.17. The molecule has 1 aromatic carbocycles. The van der Waals surface area contributed by atoms with Gasteiger partial charge in [-0.1, -0.05) is 12.1 Å². The number of amides is 1. The van der Waals surface area contributed by atoms with Crippen molar-refractivity contribution < 1.29 is 9.18 Å². The van der Waals surface area contributed by atoms with Crippen LogP contribution in [0.2, 0.25) is 0 Å². The Morgan fingerprint density at radius 2 is 2.00 bits per heavy atom. The summed E-state index contributed by atoms with van der Waals surface area (Å²) in [6.07, 6.45) is 2.73. The largest absolute Gasteiger partial charge is 0.350 e. The highest BCUT2D eigenvalue weighted by molar-refractivity contribution is 5.76. The zero-order valence-electron chi connectivity index (χ0n) is 11.3. The molecular formula is C15H21FN2O. The lowest BCUT2D eigenvalue weighted by Crippen LogP contribution is -2.33. The Kier molecular flexibility index (Phi) is 4.91. The molecule has 1 aliphatic heterocycles. The summed E-state index contributed by atoms with van der Waals surface area (Å²) in [4.78, 5) is 12.0. The van der Waals surface area contributed by atoms with E-state index in [1.54, 1.807) is 12.1 Å². The third kappa shape index (κ3) is 4.31. The normalized spacial score (nSPS) is 18.0. The maximum absolute atomic E-state index is 12.8. The summed E-state index contributed by atoms with van der Waals surface area (Å²) in [6, 6.07) is 6.19. The molecule has 1 fully saturated rings. The first-order valence-corrected chi connectivity index (χ1v) is 6.90. The molecule has 19 heavy (non-hydrogen) atoms. The van der Waals surface area contributed by atoms with E-state index in [1.165, 1.54) is 12.1 Å². The molecule has 0 bridgehead atoms. The maximum Gasteiger partial charge on any atom is 0.220 e. The first kappa shape index (κ1) is 14.0. The quantitative estimate of drug-likeness (QED) is 0.876. The Hall–Kier alpha value is -1.42. The summed E-state index contributed by atoms with van der Waals surface area (Å²) in [7, 11) is 0. The van der Waals surface area contributed by atoms with Gasteiger partial charge in [0, 0.05) is 6.42 Å². The van der Waals surface area contributed by atoms with E-state index in [2.05, 4.69) is 10.6 Å². The molecule has 0 spiro atoms. The zero-order chi connectivity index (χ0) is 13.7. The van der Waals surface area contributed by atoms with E-state index < -0.39 is 0 Å². The van der Waals surface area contributed by atoms with Crippen molar-refractivity contribution >= 4 is 5.91 Å². The van der Waals surface area contributed by atoms with Crippen molar-refractivity contribution in [3.63, 3.8) is 0 Å². The van der Waals surface area contributed by atoms with Gasteiger partial charge in [-0.15, -0.1) is 0 Å². The monoisotopic (exact) mass is 264 g/mol. The van der Waals surface area contributed by atoms with E-state index in [4.69, 9.17) is 0 Å². The molecule has 1 heterocycles. The third-order valence-corrected chi connectivity index (χ3v) is 3.68. The van der Waals surface area contributed by atoms with Crippen LogP contribution in [0.4, 0.5) is 4.39 Å². The standard InChI is InChI=1S/C15H21FN2O/c1-11(13-2-4-14(16)5-3-13)18-15(19)10-12-6-8-17-9-7-12/h2-5,11-12,17H,6-10H2,1H3,(H,18,19)/t11-/m1/s1. The van der Waals surface area contributed by atoms with Gasteiger partial charge in [0.25, 0.3) is 0 Å². The van der Waals surface area contributed by atoms with Gasteiger partial charge in [-0.25, -0.2) is 4.39 Å². The van der Waals surface area contributed by atoms with Gasteiger partial charge in [-0.05, 0) is 56.5 Å². The van der Waals surface area contributed by atoms with Crippen LogP contribution in [0.1, 0.15) is 37.8 Å². The number of rotatable bonds is 4. The highest BCUT2D eigenvalue weighted by atomic mass is 19.1. The molecule has 2 rings (SSSR count). The molecule has 3 nitrogen and oxygen atoms in total. The van der Waals surface area contributed by atoms with Gasteiger partial charge in [-0.3, -0.25) is 4.79 Å². The highest BCUT2D eigenvalue weighted by Gasteiger charge is 2.18. The number of hydrogen-bond acceptors (Lipinski definition) is 2. The van der Waals surface area contributed by atoms with Crippen LogP contribution in [0.5, 0.6) is 0 Å². The van der Waals surface area contributed by atoms with Crippen LogP contribution in [0, 0.1) is 11.7 Å². The second kappa shape index (κ2) is 6.66. The molecule has 0 aromatic heterocycles. The number of benzene rings is 1. The van der Waals surface area contributed by atoms with Gasteiger partial charge in [-0.2, -0.15) is 0 Å². The second-order valence-electron chi connectivity index (χ2n) is 5.24. The predicted octanol–water partition coefficient (Wildman–Crippen LogP) is 2.39. The first-order chi connectivity index (χ1) is 9.15. The third-order valence-electron chi connectivity index (χ3n) is 3.68. The Morgan fingerprint density at radius 1 is 1.37 bits per heavy atom. The van der Waals surface area contributed by atoms with E-state index in [0.29, 0.717) is 12.3 Å². The number of hydrogen-bond donors (Lipinski definition) is 2. The summed E-state index contributed by atoms with van der Waals surface area (Å²) >= 11 is 0. The predicted molar refractivity (Wildman–Crippen MR) is 73.2 cm³/mol. The molecule has 1 saturated heterocycles. The van der Waals surface area contributed by atoms with Crippen molar-refractivity contribution in [3.8, 4) is 0 Å². The Balaban J connectivity index is 1.82. The van der Waals surface area contributed by atoms with E-state index >= 15 is 0 Å². The van der Waals surface area contributed by atoms with Crippen molar-refractivity contribution in [2.24, 2.45) is 5.92 Å². The van der Waals surface area contributed by atoms with Gasteiger partial charge in [0.1, 0.15) is 5.82 Å². The van der Waals surface area contributed by atoms with Crippen molar-refractivity contribution in [1.82, 2.24) is 10.6 Å². The number of halogens is 1. The Labute approximate surface area is 113 Å². The van der Waals surface area contributed by atoms with Crippen LogP contribution in [0.15, 0.2) is 24.3 Å². The fraction of sp³-hybridized carbons (Fsp3) is 0.533. The van der Waals surface area contributed by atoms with E-state index in [1.807, 2.05) is 6.92 Å². The average Bonchev–Trinajstić information content (AvgIpc) is 2.40. The lowest BCUT2D eigenvalue weighted by molar-refractivity contribution is -0.122. The van der Waals surface area contributed by atoms with E-state index in [-0.39, 0.29) is 17.8 Å². The minimum atomic E-state index is -0.253. The number of carbonyl (C=O) groups excluding carboxylic acids is 1. The topological polar surface area (TPSA) is 41.1 Å². The van der Waals surface area contributed by atoms with Gasteiger partial charge in [0.15, 0.2) is 0 Å². The van der Waals surface area contributed by atoms with Crippen LogP contribution >= 0.6 is 0 Å². The van der Waals surface area contributed by atoms with Crippen LogP contribution in [0.25, 0.3) is 0 Å². The Bertz CT molecular complexity index is 413. The molecule has 0 unspecified atom stereocenters. The average molecular weight is 264 g/mol. The van der Waals surface area contributed by atoms with Crippen molar-refractivity contribution in [1.29, 1.82) is 0 Å². The van der Waals surface area contributed by atoms with Crippen LogP contribution < -0.4 is 10.6 Å². The molecule has 104 valence electrons. The molecule has 0 aliphatic carbocycles. The smallest absolute Gasteiger partial charge is 0.220 e. The lowest BCUT2D eigenvalue weighted by Gasteiger charge is -2.23. The maximum atomic E-state index is 12.8. The van der Waals surface area contributed by atoms with Crippen LogP contribution in [0.3, 0.4) is 0 Å². The fourth-order valence-corrected chi connectivity index (χ4v) is 2.48. The van der Waals surface area contributed by atoms with Gasteiger partial charge in [0.05, 0.1) is 6.04 Å². The lowest BCUT2D eigenvalue weighted by atomic mass is 9.94. The van der Waals surface area contributed by atoms with Crippen LogP contribution in [-0.2, 0) is 4.79 Å². The minimum Gasteiger partial charge on any atom is -0.350 e. The molecule has 1 atom stereocenters. The molecule has 1 aliphatic rings. The van der Waals surface area contributed by atoms with Gasteiger partial charge >= 0.3 is 0 Å².